The normalized spacial score (nSPS) is 15.0. The number of hydrogen-bond donors (Lipinski definition) is 1. The van der Waals surface area contributed by atoms with Crippen LogP contribution < -0.4 is 5.43 Å². The molecule has 0 radical (unpaired) electrons. The third-order valence-electron chi connectivity index (χ3n) is 5.46. The van der Waals surface area contributed by atoms with Gasteiger partial charge in [0.2, 0.25) is 10.0 Å². The van der Waals surface area contributed by atoms with E-state index in [4.69, 9.17) is 11.6 Å². The SMILES string of the molecule is Cc1ccc(C)c(S(=O)(=O)N2CCc3[nH]c4c(C)c(Cl)ccc4c(=O)c3C2)c1. The van der Waals surface area contributed by atoms with Crippen LogP contribution in [0.15, 0.2) is 40.0 Å². The van der Waals surface area contributed by atoms with Crippen molar-refractivity contribution >= 4 is 32.5 Å². The Labute approximate surface area is 169 Å². The van der Waals surface area contributed by atoms with Crippen LogP contribution in [-0.2, 0) is 23.0 Å². The van der Waals surface area contributed by atoms with E-state index in [9.17, 15) is 13.2 Å². The van der Waals surface area contributed by atoms with Gasteiger partial charge in [-0.25, -0.2) is 8.42 Å². The van der Waals surface area contributed by atoms with Gasteiger partial charge in [-0.15, -0.1) is 0 Å². The number of aromatic amines is 1. The Morgan fingerprint density at radius 2 is 1.86 bits per heavy atom. The fourth-order valence-electron chi connectivity index (χ4n) is 3.76. The smallest absolute Gasteiger partial charge is 0.243 e. The summed E-state index contributed by atoms with van der Waals surface area (Å²) in [6.45, 7) is 5.92. The van der Waals surface area contributed by atoms with Crippen LogP contribution in [0.5, 0.6) is 0 Å². The summed E-state index contributed by atoms with van der Waals surface area (Å²) in [6, 6.07) is 8.80. The van der Waals surface area contributed by atoms with Gasteiger partial charge in [-0.05, 0) is 55.7 Å². The molecule has 0 spiro atoms. The molecule has 146 valence electrons. The van der Waals surface area contributed by atoms with Crippen molar-refractivity contribution in [2.75, 3.05) is 6.54 Å². The van der Waals surface area contributed by atoms with E-state index in [1.165, 1.54) is 4.31 Å². The maximum absolute atomic E-state index is 13.2. The Kier molecular flexibility index (Phi) is 4.61. The highest BCUT2D eigenvalue weighted by Gasteiger charge is 2.31. The van der Waals surface area contributed by atoms with E-state index in [1.54, 1.807) is 25.1 Å². The average molecular weight is 417 g/mol. The maximum Gasteiger partial charge on any atom is 0.243 e. The number of hydrogen-bond acceptors (Lipinski definition) is 3. The van der Waals surface area contributed by atoms with Crippen molar-refractivity contribution in [3.05, 3.63) is 73.5 Å². The van der Waals surface area contributed by atoms with Crippen molar-refractivity contribution in [1.82, 2.24) is 9.29 Å². The van der Waals surface area contributed by atoms with Gasteiger partial charge in [0.05, 0.1) is 10.4 Å². The molecule has 0 bridgehead atoms. The largest absolute Gasteiger partial charge is 0.358 e. The highest BCUT2D eigenvalue weighted by atomic mass is 35.5. The first-order valence-corrected chi connectivity index (χ1v) is 10.9. The Morgan fingerprint density at radius 1 is 1.11 bits per heavy atom. The predicted octanol–water partition coefficient (Wildman–Crippen LogP) is 3.85. The van der Waals surface area contributed by atoms with E-state index in [1.807, 2.05) is 26.0 Å². The number of nitrogens with one attached hydrogen (secondary N) is 1. The van der Waals surface area contributed by atoms with Crippen LogP contribution in [0.4, 0.5) is 0 Å². The molecule has 1 aliphatic rings. The van der Waals surface area contributed by atoms with Crippen LogP contribution in [0.1, 0.15) is 27.9 Å². The molecule has 0 atom stereocenters. The molecule has 4 rings (SSSR count). The Balaban J connectivity index is 1.82. The minimum absolute atomic E-state index is 0.0675. The minimum atomic E-state index is -3.68. The molecule has 0 unspecified atom stereocenters. The number of rotatable bonds is 2. The van der Waals surface area contributed by atoms with E-state index in [0.29, 0.717) is 39.4 Å². The molecule has 2 aromatic carbocycles. The Hall–Kier alpha value is -2.15. The van der Waals surface area contributed by atoms with Gasteiger partial charge in [-0.2, -0.15) is 4.31 Å². The lowest BCUT2D eigenvalue weighted by Gasteiger charge is -2.28. The summed E-state index contributed by atoms with van der Waals surface area (Å²) in [7, 11) is -3.68. The van der Waals surface area contributed by atoms with Crippen molar-refractivity contribution in [1.29, 1.82) is 0 Å². The third-order valence-corrected chi connectivity index (χ3v) is 7.86. The molecular weight excluding hydrogens is 396 g/mol. The summed E-state index contributed by atoms with van der Waals surface area (Å²) in [5, 5.41) is 1.13. The zero-order valence-corrected chi connectivity index (χ0v) is 17.5. The molecule has 2 heterocycles. The number of H-pyrrole nitrogens is 1. The molecule has 0 saturated heterocycles. The number of halogens is 1. The lowest BCUT2D eigenvalue weighted by molar-refractivity contribution is 0.387. The van der Waals surface area contributed by atoms with Crippen molar-refractivity contribution < 1.29 is 8.42 Å². The summed E-state index contributed by atoms with van der Waals surface area (Å²) >= 11 is 6.19. The van der Waals surface area contributed by atoms with E-state index >= 15 is 0 Å². The molecule has 0 amide bonds. The number of nitrogens with zero attached hydrogens (tertiary/aromatic N) is 1. The molecule has 28 heavy (non-hydrogen) atoms. The standard InChI is InChI=1S/C21H21ClN2O3S/c1-12-4-5-13(2)19(10-12)28(26,27)24-9-8-18-16(11-24)21(25)15-6-7-17(22)14(3)20(15)23-18/h4-7,10H,8-9,11H2,1-3H3,(H,23,25). The topological polar surface area (TPSA) is 70.2 Å². The zero-order valence-electron chi connectivity index (χ0n) is 16.0. The van der Waals surface area contributed by atoms with Crippen molar-refractivity contribution in [2.24, 2.45) is 0 Å². The van der Waals surface area contributed by atoms with Crippen LogP contribution in [-0.4, -0.2) is 24.3 Å². The lowest BCUT2D eigenvalue weighted by atomic mass is 10.0. The van der Waals surface area contributed by atoms with Gasteiger partial charge in [-0.1, -0.05) is 23.7 Å². The first kappa shape index (κ1) is 19.2. The quantitative estimate of drug-likeness (QED) is 0.689. The van der Waals surface area contributed by atoms with Gasteiger partial charge in [0.25, 0.3) is 0 Å². The average Bonchev–Trinajstić information content (AvgIpc) is 2.67. The Morgan fingerprint density at radius 3 is 2.61 bits per heavy atom. The minimum Gasteiger partial charge on any atom is -0.358 e. The summed E-state index contributed by atoms with van der Waals surface area (Å²) in [4.78, 5) is 16.7. The van der Waals surface area contributed by atoms with Crippen LogP contribution in [0.3, 0.4) is 0 Å². The van der Waals surface area contributed by atoms with Gasteiger partial charge in [0.15, 0.2) is 5.43 Å². The number of benzene rings is 2. The fraction of sp³-hybridized carbons (Fsp3) is 0.286. The molecular formula is C21H21ClN2O3S. The maximum atomic E-state index is 13.2. The third kappa shape index (κ3) is 2.96. The highest BCUT2D eigenvalue weighted by Crippen LogP contribution is 2.28. The van der Waals surface area contributed by atoms with Crippen molar-refractivity contribution in [3.8, 4) is 0 Å². The molecule has 0 saturated carbocycles. The monoisotopic (exact) mass is 416 g/mol. The second kappa shape index (κ2) is 6.72. The van der Waals surface area contributed by atoms with Crippen molar-refractivity contribution in [2.45, 2.75) is 38.6 Å². The van der Waals surface area contributed by atoms with Crippen LogP contribution >= 0.6 is 11.6 Å². The highest BCUT2D eigenvalue weighted by molar-refractivity contribution is 7.89. The first-order valence-electron chi connectivity index (χ1n) is 9.10. The zero-order chi connectivity index (χ0) is 20.2. The van der Waals surface area contributed by atoms with Gasteiger partial charge in [0, 0.05) is 41.2 Å². The second-order valence-electron chi connectivity index (χ2n) is 7.36. The van der Waals surface area contributed by atoms with Gasteiger partial charge >= 0.3 is 0 Å². The lowest BCUT2D eigenvalue weighted by Crippen LogP contribution is -2.39. The van der Waals surface area contributed by atoms with Crippen LogP contribution in [0.25, 0.3) is 10.9 Å². The van der Waals surface area contributed by atoms with Crippen LogP contribution in [0.2, 0.25) is 5.02 Å². The molecule has 1 aliphatic heterocycles. The fourth-order valence-corrected chi connectivity index (χ4v) is 5.64. The van der Waals surface area contributed by atoms with E-state index < -0.39 is 10.0 Å². The van der Waals surface area contributed by atoms with Gasteiger partial charge in [-0.3, -0.25) is 4.79 Å². The molecule has 7 heteroatoms. The van der Waals surface area contributed by atoms with E-state index in [0.717, 1.165) is 22.3 Å². The number of aryl methyl sites for hydroxylation is 3. The number of sulfonamides is 1. The molecule has 1 aromatic heterocycles. The summed E-state index contributed by atoms with van der Waals surface area (Å²) in [5.74, 6) is 0. The number of fused-ring (bicyclic) bond motifs is 2. The molecule has 0 aliphatic carbocycles. The van der Waals surface area contributed by atoms with Crippen LogP contribution in [0, 0.1) is 20.8 Å². The second-order valence-corrected chi connectivity index (χ2v) is 9.68. The van der Waals surface area contributed by atoms with E-state index in [2.05, 4.69) is 4.98 Å². The molecule has 3 aromatic rings. The number of pyridine rings is 1. The molecule has 1 N–H and O–H groups in total. The van der Waals surface area contributed by atoms with E-state index in [-0.39, 0.29) is 12.0 Å². The predicted molar refractivity (Wildman–Crippen MR) is 112 cm³/mol. The molecule has 5 nitrogen and oxygen atoms in total. The number of aromatic nitrogens is 1. The van der Waals surface area contributed by atoms with Gasteiger partial charge < -0.3 is 4.98 Å². The summed E-state index contributed by atoms with van der Waals surface area (Å²) in [5.41, 5.74) is 4.30. The Bertz CT molecular complexity index is 1280. The summed E-state index contributed by atoms with van der Waals surface area (Å²) < 4.78 is 27.9. The first-order chi connectivity index (χ1) is 13.2. The van der Waals surface area contributed by atoms with Crippen molar-refractivity contribution in [3.63, 3.8) is 0 Å². The molecule has 0 fully saturated rings. The summed E-state index contributed by atoms with van der Waals surface area (Å²) in [6.07, 6.45) is 0.455. The van der Waals surface area contributed by atoms with Gasteiger partial charge in [0.1, 0.15) is 0 Å².